The Morgan fingerprint density at radius 1 is 1.33 bits per heavy atom. The van der Waals surface area contributed by atoms with Gasteiger partial charge in [0.1, 0.15) is 0 Å². The molecule has 1 aliphatic rings. The van der Waals surface area contributed by atoms with E-state index < -0.39 is 0 Å². The van der Waals surface area contributed by atoms with E-state index in [0.29, 0.717) is 13.1 Å². The molecule has 0 aromatic heterocycles. The van der Waals surface area contributed by atoms with Crippen molar-refractivity contribution in [3.63, 3.8) is 0 Å². The van der Waals surface area contributed by atoms with Crippen LogP contribution in [0.5, 0.6) is 0 Å². The van der Waals surface area contributed by atoms with Crippen LogP contribution in [-0.4, -0.2) is 56.0 Å². The maximum Gasteiger partial charge on any atom is 0.236 e. The summed E-state index contributed by atoms with van der Waals surface area (Å²) in [6, 6.07) is 8.08. The molecular weight excluding hydrogens is 390 g/mol. The number of benzene rings is 1. The summed E-state index contributed by atoms with van der Waals surface area (Å²) < 4.78 is 1.06. The summed E-state index contributed by atoms with van der Waals surface area (Å²) in [5.41, 5.74) is 1.15. The van der Waals surface area contributed by atoms with Crippen molar-refractivity contribution in [2.75, 3.05) is 40.3 Å². The molecule has 24 heavy (non-hydrogen) atoms. The van der Waals surface area contributed by atoms with Gasteiger partial charge < -0.3 is 10.2 Å². The molecular formula is C18H29BrClN3O. The predicted octanol–water partition coefficient (Wildman–Crippen LogP) is 3.15. The number of carbonyl (C=O) groups excluding carboxylic acids is 1. The van der Waals surface area contributed by atoms with Crippen LogP contribution in [-0.2, 0) is 11.3 Å². The van der Waals surface area contributed by atoms with Gasteiger partial charge >= 0.3 is 0 Å². The zero-order chi connectivity index (χ0) is 16.7. The van der Waals surface area contributed by atoms with E-state index in [2.05, 4.69) is 32.2 Å². The van der Waals surface area contributed by atoms with Crippen LogP contribution in [0.25, 0.3) is 0 Å². The van der Waals surface area contributed by atoms with Crippen LogP contribution >= 0.6 is 28.3 Å². The van der Waals surface area contributed by atoms with Crippen molar-refractivity contribution < 1.29 is 4.79 Å². The largest absolute Gasteiger partial charge is 0.340 e. The SMILES string of the molecule is CNCCC1CCN(CC(=O)N(C)Cc2ccccc2Br)CC1.Cl. The van der Waals surface area contributed by atoms with Crippen LogP contribution in [0.4, 0.5) is 0 Å². The summed E-state index contributed by atoms with van der Waals surface area (Å²) >= 11 is 3.55. The summed E-state index contributed by atoms with van der Waals surface area (Å²) in [7, 11) is 3.90. The maximum atomic E-state index is 12.4. The number of likely N-dealkylation sites (N-methyl/N-ethyl adjacent to an activating group) is 1. The number of nitrogens with one attached hydrogen (secondary N) is 1. The van der Waals surface area contributed by atoms with Crippen LogP contribution in [0.15, 0.2) is 28.7 Å². The molecule has 0 radical (unpaired) electrons. The smallest absolute Gasteiger partial charge is 0.236 e. The molecule has 1 fully saturated rings. The van der Waals surface area contributed by atoms with Gasteiger partial charge in [-0.25, -0.2) is 0 Å². The van der Waals surface area contributed by atoms with Gasteiger partial charge in [0.05, 0.1) is 6.54 Å². The third-order valence-corrected chi connectivity index (χ3v) is 5.43. The number of amides is 1. The number of likely N-dealkylation sites (tertiary alicyclic amines) is 1. The Labute approximate surface area is 160 Å². The highest BCUT2D eigenvalue weighted by Crippen LogP contribution is 2.20. The van der Waals surface area contributed by atoms with Crippen molar-refractivity contribution in [1.82, 2.24) is 15.1 Å². The fourth-order valence-electron chi connectivity index (χ4n) is 3.06. The lowest BCUT2D eigenvalue weighted by Gasteiger charge is -2.32. The van der Waals surface area contributed by atoms with E-state index in [1.54, 1.807) is 0 Å². The normalized spacial score (nSPS) is 15.8. The first-order valence-corrected chi connectivity index (χ1v) is 9.23. The minimum atomic E-state index is 0. The third-order valence-electron chi connectivity index (χ3n) is 4.66. The van der Waals surface area contributed by atoms with Crippen LogP contribution in [0.2, 0.25) is 0 Å². The van der Waals surface area contributed by atoms with Crippen molar-refractivity contribution in [3.05, 3.63) is 34.3 Å². The van der Waals surface area contributed by atoms with Gasteiger partial charge in [0.25, 0.3) is 0 Å². The van der Waals surface area contributed by atoms with Gasteiger partial charge in [-0.05, 0) is 63.5 Å². The maximum absolute atomic E-state index is 12.4. The molecule has 1 N–H and O–H groups in total. The highest BCUT2D eigenvalue weighted by atomic mass is 79.9. The molecule has 2 rings (SSSR count). The van der Waals surface area contributed by atoms with Gasteiger partial charge in [0.15, 0.2) is 0 Å². The Bertz CT molecular complexity index is 507. The van der Waals surface area contributed by atoms with Gasteiger partial charge in [-0.15, -0.1) is 12.4 Å². The summed E-state index contributed by atoms with van der Waals surface area (Å²) in [5, 5.41) is 3.22. The highest BCUT2D eigenvalue weighted by Gasteiger charge is 2.21. The van der Waals surface area contributed by atoms with Crippen molar-refractivity contribution >= 4 is 34.2 Å². The molecule has 1 heterocycles. The summed E-state index contributed by atoms with van der Waals surface area (Å²) in [6.07, 6.45) is 3.67. The Balaban J connectivity index is 0.00000288. The Kier molecular flexibility index (Phi) is 9.89. The Morgan fingerprint density at radius 2 is 2.00 bits per heavy atom. The zero-order valence-corrected chi connectivity index (χ0v) is 17.0. The minimum Gasteiger partial charge on any atom is -0.340 e. The topological polar surface area (TPSA) is 35.6 Å². The number of piperidine rings is 1. The van der Waals surface area contributed by atoms with Gasteiger partial charge in [0, 0.05) is 18.1 Å². The van der Waals surface area contributed by atoms with E-state index in [-0.39, 0.29) is 18.3 Å². The minimum absolute atomic E-state index is 0. The Morgan fingerprint density at radius 3 is 2.62 bits per heavy atom. The van der Waals surface area contributed by atoms with Gasteiger partial charge in [-0.1, -0.05) is 34.1 Å². The first-order chi connectivity index (χ1) is 11.1. The molecule has 0 atom stereocenters. The second-order valence-corrected chi connectivity index (χ2v) is 7.31. The van der Waals surface area contributed by atoms with Crippen molar-refractivity contribution in [1.29, 1.82) is 0 Å². The zero-order valence-electron chi connectivity index (χ0n) is 14.6. The summed E-state index contributed by atoms with van der Waals surface area (Å²) in [4.78, 5) is 16.6. The van der Waals surface area contributed by atoms with Gasteiger partial charge in [0.2, 0.25) is 5.91 Å². The Hall–Kier alpha value is -0.620. The number of nitrogens with zero attached hydrogens (tertiary/aromatic N) is 2. The van der Waals surface area contributed by atoms with E-state index in [1.165, 1.54) is 19.3 Å². The molecule has 1 aromatic carbocycles. The van der Waals surface area contributed by atoms with Crippen molar-refractivity contribution in [3.8, 4) is 0 Å². The van der Waals surface area contributed by atoms with Crippen LogP contribution in [0, 0.1) is 5.92 Å². The number of rotatable bonds is 7. The van der Waals surface area contributed by atoms with E-state index in [4.69, 9.17) is 0 Å². The van der Waals surface area contributed by atoms with Crippen LogP contribution in [0.1, 0.15) is 24.8 Å². The second-order valence-electron chi connectivity index (χ2n) is 6.45. The molecule has 4 nitrogen and oxygen atoms in total. The van der Waals surface area contributed by atoms with E-state index in [0.717, 1.165) is 35.6 Å². The highest BCUT2D eigenvalue weighted by molar-refractivity contribution is 9.10. The third kappa shape index (κ3) is 6.71. The molecule has 136 valence electrons. The summed E-state index contributed by atoms with van der Waals surface area (Å²) in [5.74, 6) is 1.02. The van der Waals surface area contributed by atoms with E-state index in [1.807, 2.05) is 37.2 Å². The molecule has 1 aliphatic heterocycles. The fourth-order valence-corrected chi connectivity index (χ4v) is 3.47. The number of hydrogen-bond donors (Lipinski definition) is 1. The van der Waals surface area contributed by atoms with E-state index >= 15 is 0 Å². The van der Waals surface area contributed by atoms with Gasteiger partial charge in [-0.2, -0.15) is 0 Å². The fraction of sp³-hybridized carbons (Fsp3) is 0.611. The van der Waals surface area contributed by atoms with Crippen molar-refractivity contribution in [2.24, 2.45) is 5.92 Å². The average molecular weight is 419 g/mol. The van der Waals surface area contributed by atoms with Crippen LogP contribution < -0.4 is 5.32 Å². The molecule has 0 bridgehead atoms. The molecule has 0 saturated carbocycles. The predicted molar refractivity (Wildman–Crippen MR) is 106 cm³/mol. The molecule has 0 aliphatic carbocycles. The quantitative estimate of drug-likeness (QED) is 0.739. The van der Waals surface area contributed by atoms with Gasteiger partial charge in [-0.3, -0.25) is 9.69 Å². The number of carbonyl (C=O) groups is 1. The van der Waals surface area contributed by atoms with E-state index in [9.17, 15) is 4.79 Å². The number of halogens is 2. The molecule has 6 heteroatoms. The molecule has 0 spiro atoms. The first kappa shape index (κ1) is 21.4. The molecule has 1 saturated heterocycles. The van der Waals surface area contributed by atoms with Crippen molar-refractivity contribution in [2.45, 2.75) is 25.8 Å². The second kappa shape index (κ2) is 11.1. The molecule has 1 amide bonds. The number of hydrogen-bond acceptors (Lipinski definition) is 3. The average Bonchev–Trinajstić information content (AvgIpc) is 2.56. The standard InChI is InChI=1S/C18H28BrN3O.ClH/c1-20-10-7-15-8-11-22(12-9-15)14-18(23)21(2)13-16-5-3-4-6-17(16)19;/h3-6,15,20H,7-14H2,1-2H3;1H. The lowest BCUT2D eigenvalue weighted by molar-refractivity contribution is -0.132. The van der Waals surface area contributed by atoms with Crippen LogP contribution in [0.3, 0.4) is 0 Å². The summed E-state index contributed by atoms with van der Waals surface area (Å²) in [6.45, 7) is 4.38. The monoisotopic (exact) mass is 417 g/mol. The lowest BCUT2D eigenvalue weighted by atomic mass is 9.93. The first-order valence-electron chi connectivity index (χ1n) is 8.44. The lowest BCUT2D eigenvalue weighted by Crippen LogP contribution is -2.42. The molecule has 0 unspecified atom stereocenters. The molecule has 1 aromatic rings.